The van der Waals surface area contributed by atoms with Crippen molar-refractivity contribution in [1.29, 1.82) is 0 Å². The highest BCUT2D eigenvalue weighted by Gasteiger charge is 2.40. The van der Waals surface area contributed by atoms with Gasteiger partial charge in [-0.25, -0.2) is 0 Å². The van der Waals surface area contributed by atoms with E-state index in [1.807, 2.05) is 12.1 Å². The second-order valence-corrected chi connectivity index (χ2v) is 7.80. The van der Waals surface area contributed by atoms with E-state index in [0.29, 0.717) is 49.4 Å². The lowest BCUT2D eigenvalue weighted by Gasteiger charge is -2.29. The van der Waals surface area contributed by atoms with Gasteiger partial charge in [0.25, 0.3) is 0 Å². The predicted molar refractivity (Wildman–Crippen MR) is 109 cm³/mol. The van der Waals surface area contributed by atoms with Crippen molar-refractivity contribution in [3.63, 3.8) is 0 Å². The monoisotopic (exact) mass is 400 g/mol. The smallest absolute Gasteiger partial charge is 0.228 e. The molecule has 0 aromatic heterocycles. The zero-order chi connectivity index (χ0) is 20.0. The Hall–Kier alpha value is -2.39. The molecule has 2 aliphatic rings. The number of nitrogens with one attached hydrogen (secondary N) is 2. The number of benzene rings is 1. The lowest BCUT2D eigenvalue weighted by atomic mass is 9.78. The average Bonchev–Trinajstić information content (AvgIpc) is 3.48. The molecule has 0 saturated heterocycles. The molecule has 1 aliphatic carbocycles. The van der Waals surface area contributed by atoms with E-state index in [4.69, 9.17) is 18.0 Å². The normalized spacial score (nSPS) is 22.1. The third-order valence-corrected chi connectivity index (χ3v) is 5.78. The molecule has 1 heterocycles. The van der Waals surface area contributed by atoms with E-state index in [0.717, 1.165) is 12.8 Å². The fourth-order valence-corrected chi connectivity index (χ4v) is 3.91. The molecule has 2 amide bonds. The molecule has 1 aromatic rings. The predicted octanol–water partition coefficient (Wildman–Crippen LogP) is 4.17. The van der Waals surface area contributed by atoms with Crippen molar-refractivity contribution in [2.75, 3.05) is 11.9 Å². The van der Waals surface area contributed by atoms with Gasteiger partial charge in [-0.1, -0.05) is 36.6 Å². The van der Waals surface area contributed by atoms with Gasteiger partial charge in [0.05, 0.1) is 10.7 Å². The number of carbonyl (C=O) groups is 2. The largest absolute Gasteiger partial charge is 0.356 e. The van der Waals surface area contributed by atoms with Crippen LogP contribution in [0.2, 0.25) is 5.02 Å². The van der Waals surface area contributed by atoms with Crippen molar-refractivity contribution in [3.05, 3.63) is 29.3 Å². The molecule has 1 saturated carbocycles. The first-order chi connectivity index (χ1) is 13.5. The number of terminal acetylenes is 1. The summed E-state index contributed by atoms with van der Waals surface area (Å²) in [4.78, 5) is 25.5. The molecule has 2 N–H and O–H groups in total. The molecule has 1 aromatic carbocycles. The van der Waals surface area contributed by atoms with E-state index in [9.17, 15) is 9.59 Å². The third-order valence-electron chi connectivity index (χ3n) is 5.45. The van der Waals surface area contributed by atoms with Crippen LogP contribution in [0.4, 0.5) is 5.69 Å². The molecular formula is C21H25ClN4O2. The zero-order valence-corrected chi connectivity index (χ0v) is 16.5. The van der Waals surface area contributed by atoms with Gasteiger partial charge in [-0.05, 0) is 25.0 Å². The van der Waals surface area contributed by atoms with Gasteiger partial charge in [-0.2, -0.15) is 10.2 Å². The van der Waals surface area contributed by atoms with Crippen molar-refractivity contribution in [2.24, 2.45) is 22.1 Å². The molecule has 2 unspecified atom stereocenters. The van der Waals surface area contributed by atoms with Crippen molar-refractivity contribution in [1.82, 2.24) is 5.32 Å². The summed E-state index contributed by atoms with van der Waals surface area (Å²) >= 11 is 6.14. The molecule has 0 radical (unpaired) electrons. The SMILES string of the molecule is C#CCCC1(CCNC(=O)C2CCCCC2C(=O)Nc2ccccc2Cl)N=N1. The van der Waals surface area contributed by atoms with Crippen LogP contribution >= 0.6 is 11.6 Å². The summed E-state index contributed by atoms with van der Waals surface area (Å²) in [6.07, 6.45) is 10.6. The Morgan fingerprint density at radius 3 is 2.46 bits per heavy atom. The van der Waals surface area contributed by atoms with Crippen LogP contribution in [0.5, 0.6) is 0 Å². The summed E-state index contributed by atoms with van der Waals surface area (Å²) in [5, 5.41) is 14.5. The molecular weight excluding hydrogens is 376 g/mol. The Morgan fingerprint density at radius 1 is 1.14 bits per heavy atom. The van der Waals surface area contributed by atoms with Crippen molar-refractivity contribution in [2.45, 2.75) is 50.6 Å². The quantitative estimate of drug-likeness (QED) is 0.642. The maximum atomic E-state index is 12.8. The fraction of sp³-hybridized carbons (Fsp3) is 0.524. The number of nitrogens with zero attached hydrogens (tertiary/aromatic N) is 2. The average molecular weight is 401 g/mol. The van der Waals surface area contributed by atoms with Gasteiger partial charge in [0.1, 0.15) is 0 Å². The number of hydrogen-bond acceptors (Lipinski definition) is 4. The van der Waals surface area contributed by atoms with Gasteiger partial charge in [0.15, 0.2) is 5.66 Å². The Labute approximate surface area is 170 Å². The Kier molecular flexibility index (Phi) is 6.69. The summed E-state index contributed by atoms with van der Waals surface area (Å²) in [5.74, 6) is 1.69. The van der Waals surface area contributed by atoms with Crippen molar-refractivity contribution < 1.29 is 9.59 Å². The molecule has 2 atom stereocenters. The number of amides is 2. The van der Waals surface area contributed by atoms with E-state index in [2.05, 4.69) is 26.8 Å². The third kappa shape index (κ3) is 5.11. The number of halogens is 1. The molecule has 28 heavy (non-hydrogen) atoms. The summed E-state index contributed by atoms with van der Waals surface area (Å²) in [6, 6.07) is 7.11. The number of anilines is 1. The van der Waals surface area contributed by atoms with Crippen LogP contribution in [-0.4, -0.2) is 24.0 Å². The number of rotatable bonds is 8. The number of para-hydroxylation sites is 1. The van der Waals surface area contributed by atoms with Gasteiger partial charge >= 0.3 is 0 Å². The van der Waals surface area contributed by atoms with Crippen LogP contribution in [0.1, 0.15) is 44.9 Å². The molecule has 1 fully saturated rings. The number of hydrogen-bond donors (Lipinski definition) is 2. The van der Waals surface area contributed by atoms with Gasteiger partial charge < -0.3 is 10.6 Å². The zero-order valence-electron chi connectivity index (χ0n) is 15.8. The molecule has 1 aliphatic heterocycles. The Morgan fingerprint density at radius 2 is 1.82 bits per heavy atom. The standard InChI is InChI=1S/C21H25ClN4O2/c1-2-3-12-21(25-26-21)13-14-23-19(27)15-8-4-5-9-16(15)20(28)24-18-11-7-6-10-17(18)22/h1,6-7,10-11,15-16H,3-5,8-9,12-14H2,(H,23,27)(H,24,28). The summed E-state index contributed by atoms with van der Waals surface area (Å²) in [7, 11) is 0. The maximum Gasteiger partial charge on any atom is 0.228 e. The van der Waals surface area contributed by atoms with Crippen LogP contribution in [-0.2, 0) is 9.59 Å². The topological polar surface area (TPSA) is 82.9 Å². The molecule has 0 bridgehead atoms. The van der Waals surface area contributed by atoms with Gasteiger partial charge in [-0.15, -0.1) is 12.3 Å². The summed E-state index contributed by atoms with van der Waals surface area (Å²) < 4.78 is 0. The lowest BCUT2D eigenvalue weighted by molar-refractivity contribution is -0.134. The minimum Gasteiger partial charge on any atom is -0.356 e. The minimum atomic E-state index is -0.410. The lowest BCUT2D eigenvalue weighted by Crippen LogP contribution is -2.42. The molecule has 3 rings (SSSR count). The van der Waals surface area contributed by atoms with Gasteiger partial charge in [0, 0.05) is 37.6 Å². The van der Waals surface area contributed by atoms with E-state index in [-0.39, 0.29) is 23.7 Å². The maximum absolute atomic E-state index is 12.8. The summed E-state index contributed by atoms with van der Waals surface area (Å²) in [6.45, 7) is 0.478. The Balaban J connectivity index is 1.53. The first-order valence-electron chi connectivity index (χ1n) is 9.75. The molecule has 148 valence electrons. The van der Waals surface area contributed by atoms with Gasteiger partial charge in [-0.3, -0.25) is 9.59 Å². The van der Waals surface area contributed by atoms with E-state index in [1.165, 1.54) is 0 Å². The van der Waals surface area contributed by atoms with E-state index >= 15 is 0 Å². The van der Waals surface area contributed by atoms with E-state index < -0.39 is 5.66 Å². The highest BCUT2D eigenvalue weighted by molar-refractivity contribution is 6.33. The molecule has 7 heteroatoms. The second kappa shape index (κ2) is 9.20. The van der Waals surface area contributed by atoms with Crippen molar-refractivity contribution >= 4 is 29.1 Å². The van der Waals surface area contributed by atoms with Crippen molar-refractivity contribution in [3.8, 4) is 12.3 Å². The number of carbonyl (C=O) groups excluding carboxylic acids is 2. The fourth-order valence-electron chi connectivity index (χ4n) is 3.73. The molecule has 0 spiro atoms. The van der Waals surface area contributed by atoms with Crippen LogP contribution in [0.15, 0.2) is 34.5 Å². The van der Waals surface area contributed by atoms with Crippen LogP contribution in [0, 0.1) is 24.2 Å². The van der Waals surface area contributed by atoms with Crippen LogP contribution in [0.3, 0.4) is 0 Å². The second-order valence-electron chi connectivity index (χ2n) is 7.39. The highest BCUT2D eigenvalue weighted by Crippen LogP contribution is 2.36. The van der Waals surface area contributed by atoms with Gasteiger partial charge in [0.2, 0.25) is 11.8 Å². The Bertz CT molecular complexity index is 796. The summed E-state index contributed by atoms with van der Waals surface area (Å²) in [5.41, 5.74) is 0.166. The van der Waals surface area contributed by atoms with Crippen LogP contribution < -0.4 is 10.6 Å². The first kappa shape index (κ1) is 20.3. The van der Waals surface area contributed by atoms with Crippen LogP contribution in [0.25, 0.3) is 0 Å². The minimum absolute atomic E-state index is 0.0771. The first-order valence-corrected chi connectivity index (χ1v) is 10.1. The highest BCUT2D eigenvalue weighted by atomic mass is 35.5. The molecule has 6 nitrogen and oxygen atoms in total. The van der Waals surface area contributed by atoms with E-state index in [1.54, 1.807) is 12.1 Å².